The molecule has 3 aromatic rings. The summed E-state index contributed by atoms with van der Waals surface area (Å²) in [7, 11) is 0. The normalized spacial score (nSPS) is 23.1. The first-order valence-electron chi connectivity index (χ1n) is 11.0. The molecule has 2 aliphatic carbocycles. The van der Waals surface area contributed by atoms with E-state index in [0.29, 0.717) is 33.8 Å². The molecule has 1 amide bonds. The largest absolute Gasteiger partial charge is 0.463 e. The van der Waals surface area contributed by atoms with Crippen LogP contribution in [-0.2, 0) is 9.53 Å². The maximum Gasteiger partial charge on any atom is 0.339 e. The Morgan fingerprint density at radius 2 is 2.06 bits per heavy atom. The van der Waals surface area contributed by atoms with Crippen LogP contribution in [-0.4, -0.2) is 29.5 Å². The van der Waals surface area contributed by atoms with E-state index in [1.807, 2.05) is 24.3 Å². The van der Waals surface area contributed by atoms with Crippen LogP contribution in [0.2, 0.25) is 0 Å². The van der Waals surface area contributed by atoms with Gasteiger partial charge in [0.1, 0.15) is 5.69 Å². The van der Waals surface area contributed by atoms with E-state index in [4.69, 9.17) is 9.15 Å². The minimum Gasteiger partial charge on any atom is -0.463 e. The van der Waals surface area contributed by atoms with Crippen molar-refractivity contribution in [1.29, 1.82) is 0 Å². The van der Waals surface area contributed by atoms with Crippen molar-refractivity contribution in [2.45, 2.75) is 38.6 Å². The van der Waals surface area contributed by atoms with Crippen LogP contribution in [0.15, 0.2) is 53.1 Å². The molecule has 2 saturated carbocycles. The summed E-state index contributed by atoms with van der Waals surface area (Å²) >= 11 is 0. The fraction of sp³-hybridized carbons (Fsp3) is 0.400. The van der Waals surface area contributed by atoms with Gasteiger partial charge in [0.25, 0.3) is 5.91 Å². The lowest BCUT2D eigenvalue weighted by Gasteiger charge is -2.28. The number of fused-ring (bicyclic) bond motifs is 3. The van der Waals surface area contributed by atoms with Gasteiger partial charge in [-0.1, -0.05) is 24.6 Å². The maximum absolute atomic E-state index is 12.9. The smallest absolute Gasteiger partial charge is 0.339 e. The second kappa shape index (κ2) is 8.17. The van der Waals surface area contributed by atoms with Crippen LogP contribution in [0.4, 0.5) is 0 Å². The Labute approximate surface area is 181 Å². The molecule has 2 fully saturated rings. The number of amides is 1. The predicted molar refractivity (Wildman–Crippen MR) is 116 cm³/mol. The number of hydrogen-bond acceptors (Lipinski definition) is 5. The molecular weight excluding hydrogens is 392 g/mol. The van der Waals surface area contributed by atoms with Gasteiger partial charge in [-0.25, -0.2) is 9.78 Å². The third-order valence-corrected chi connectivity index (χ3v) is 6.87. The van der Waals surface area contributed by atoms with E-state index < -0.39 is 5.97 Å². The Morgan fingerprint density at radius 3 is 2.81 bits per heavy atom. The maximum atomic E-state index is 12.9. The quantitative estimate of drug-likeness (QED) is 0.592. The molecule has 0 spiro atoms. The summed E-state index contributed by atoms with van der Waals surface area (Å²) in [6, 6.07) is 12.7. The van der Waals surface area contributed by atoms with Gasteiger partial charge >= 0.3 is 5.97 Å². The van der Waals surface area contributed by atoms with E-state index in [9.17, 15) is 9.59 Å². The first kappa shape index (κ1) is 19.8. The summed E-state index contributed by atoms with van der Waals surface area (Å²) in [6.45, 7) is 1.77. The molecule has 2 bridgehead atoms. The SMILES string of the molecule is C[C@@H](NC(=O)COC(=O)c1cc(-c2ccco2)nc2ccccc12)[C@@H]1C[C@@H]2CC[C@@H]1C2. The van der Waals surface area contributed by atoms with E-state index in [-0.39, 0.29) is 18.6 Å². The third-order valence-electron chi connectivity index (χ3n) is 6.87. The number of carbonyl (C=O) groups is 2. The third kappa shape index (κ3) is 3.94. The molecule has 0 unspecified atom stereocenters. The number of esters is 1. The summed E-state index contributed by atoms with van der Waals surface area (Å²) in [4.78, 5) is 29.9. The molecule has 2 aliphatic rings. The second-order valence-corrected chi connectivity index (χ2v) is 8.82. The van der Waals surface area contributed by atoms with E-state index in [1.54, 1.807) is 24.5 Å². The lowest BCUT2D eigenvalue weighted by Crippen LogP contribution is -2.42. The zero-order valence-corrected chi connectivity index (χ0v) is 17.5. The standard InChI is InChI=1S/C25H26N2O4/c1-15(19-12-16-8-9-17(19)11-16)26-24(28)14-31-25(29)20-13-22(23-7-4-10-30-23)27-21-6-3-2-5-18(20)21/h2-7,10,13,15-17,19H,8-9,11-12,14H2,1H3,(H,26,28)/t15-,16-,17-,19+/m1/s1. The topological polar surface area (TPSA) is 81.4 Å². The number of pyridine rings is 1. The number of aromatic nitrogens is 1. The van der Waals surface area contributed by atoms with Crippen LogP contribution in [0.5, 0.6) is 0 Å². The zero-order valence-electron chi connectivity index (χ0n) is 17.5. The molecule has 2 aromatic heterocycles. The minimum absolute atomic E-state index is 0.105. The number of hydrogen-bond donors (Lipinski definition) is 1. The van der Waals surface area contributed by atoms with Gasteiger partial charge in [-0.3, -0.25) is 4.79 Å². The van der Waals surface area contributed by atoms with Crippen molar-refractivity contribution in [1.82, 2.24) is 10.3 Å². The minimum atomic E-state index is -0.547. The van der Waals surface area contributed by atoms with Crippen molar-refractivity contribution in [3.63, 3.8) is 0 Å². The highest BCUT2D eigenvalue weighted by Crippen LogP contribution is 2.49. The Bertz CT molecular complexity index is 1110. The summed E-state index contributed by atoms with van der Waals surface area (Å²) in [6.07, 6.45) is 6.67. The Hall–Kier alpha value is -3.15. The first-order valence-corrected chi connectivity index (χ1v) is 11.0. The molecule has 1 N–H and O–H groups in total. The molecule has 0 radical (unpaired) electrons. The van der Waals surface area contributed by atoms with Gasteiger partial charge in [0.2, 0.25) is 0 Å². The molecule has 6 nitrogen and oxygen atoms in total. The van der Waals surface area contributed by atoms with Crippen molar-refractivity contribution in [2.75, 3.05) is 6.61 Å². The number of ether oxygens (including phenoxy) is 1. The highest BCUT2D eigenvalue weighted by Gasteiger charge is 2.42. The summed E-state index contributed by atoms with van der Waals surface area (Å²) in [5.74, 6) is 1.86. The van der Waals surface area contributed by atoms with E-state index in [0.717, 1.165) is 11.8 Å². The number of furan rings is 1. The number of rotatable bonds is 6. The molecule has 160 valence electrons. The van der Waals surface area contributed by atoms with Crippen molar-refractivity contribution in [3.8, 4) is 11.5 Å². The van der Waals surface area contributed by atoms with Crippen LogP contribution in [0.25, 0.3) is 22.4 Å². The van der Waals surface area contributed by atoms with Crippen molar-refractivity contribution >= 4 is 22.8 Å². The number of nitrogens with one attached hydrogen (secondary N) is 1. The van der Waals surface area contributed by atoms with Crippen molar-refractivity contribution in [3.05, 3.63) is 54.3 Å². The van der Waals surface area contributed by atoms with Gasteiger partial charge in [-0.2, -0.15) is 0 Å². The number of carbonyl (C=O) groups excluding carboxylic acids is 2. The van der Waals surface area contributed by atoms with Gasteiger partial charge in [0.15, 0.2) is 12.4 Å². The van der Waals surface area contributed by atoms with Gasteiger partial charge < -0.3 is 14.5 Å². The number of para-hydroxylation sites is 1. The Kier molecular flexibility index (Phi) is 5.22. The molecule has 5 rings (SSSR count). The van der Waals surface area contributed by atoms with Crippen LogP contribution in [0, 0.1) is 17.8 Å². The molecule has 1 aromatic carbocycles. The summed E-state index contributed by atoms with van der Waals surface area (Å²) in [5.41, 5.74) is 1.58. The first-order chi connectivity index (χ1) is 15.1. The predicted octanol–water partition coefficient (Wildman–Crippen LogP) is 4.59. The summed E-state index contributed by atoms with van der Waals surface area (Å²) < 4.78 is 10.8. The van der Waals surface area contributed by atoms with Crippen LogP contribution < -0.4 is 5.32 Å². The highest BCUT2D eigenvalue weighted by atomic mass is 16.5. The Morgan fingerprint density at radius 1 is 1.19 bits per heavy atom. The van der Waals surface area contributed by atoms with E-state index in [2.05, 4.69) is 17.2 Å². The van der Waals surface area contributed by atoms with Crippen LogP contribution >= 0.6 is 0 Å². The van der Waals surface area contributed by atoms with Gasteiger partial charge in [-0.15, -0.1) is 0 Å². The molecule has 31 heavy (non-hydrogen) atoms. The molecule has 0 saturated heterocycles. The molecule has 2 heterocycles. The van der Waals surface area contributed by atoms with Gasteiger partial charge in [0.05, 0.1) is 17.3 Å². The van der Waals surface area contributed by atoms with Gasteiger partial charge in [-0.05, 0) is 68.2 Å². The molecule has 0 aliphatic heterocycles. The lowest BCUT2D eigenvalue weighted by atomic mass is 9.84. The zero-order chi connectivity index (χ0) is 21.4. The second-order valence-electron chi connectivity index (χ2n) is 8.82. The molecular formula is C25H26N2O4. The fourth-order valence-electron chi connectivity index (χ4n) is 5.41. The average molecular weight is 418 g/mol. The van der Waals surface area contributed by atoms with Crippen molar-refractivity contribution < 1.29 is 18.7 Å². The number of benzene rings is 1. The number of nitrogens with zero attached hydrogens (tertiary/aromatic N) is 1. The molecule has 6 heteroatoms. The van der Waals surface area contributed by atoms with Gasteiger partial charge in [0, 0.05) is 11.4 Å². The van der Waals surface area contributed by atoms with Crippen molar-refractivity contribution in [2.24, 2.45) is 17.8 Å². The lowest BCUT2D eigenvalue weighted by molar-refractivity contribution is -0.125. The van der Waals surface area contributed by atoms with E-state index in [1.165, 1.54) is 25.7 Å². The monoisotopic (exact) mass is 418 g/mol. The van der Waals surface area contributed by atoms with Crippen LogP contribution in [0.1, 0.15) is 43.0 Å². The average Bonchev–Trinajstić information content (AvgIpc) is 3.55. The fourth-order valence-corrected chi connectivity index (χ4v) is 5.41. The molecule has 4 atom stereocenters. The van der Waals surface area contributed by atoms with Crippen LogP contribution in [0.3, 0.4) is 0 Å². The summed E-state index contributed by atoms with van der Waals surface area (Å²) in [5, 5.41) is 3.72. The highest BCUT2D eigenvalue weighted by molar-refractivity contribution is 6.05. The van der Waals surface area contributed by atoms with E-state index >= 15 is 0 Å². The Balaban J connectivity index is 1.27.